The fourth-order valence-corrected chi connectivity index (χ4v) is 2.39. The molecule has 116 valence electrons. The van der Waals surface area contributed by atoms with Crippen molar-refractivity contribution in [2.24, 2.45) is 5.10 Å². The number of aromatic hydroxyl groups is 2. The van der Waals surface area contributed by atoms with Crippen LogP contribution in [-0.2, 0) is 0 Å². The van der Waals surface area contributed by atoms with E-state index in [1.54, 1.807) is 24.3 Å². The summed E-state index contributed by atoms with van der Waals surface area (Å²) < 4.78 is 1.66. The normalized spacial score (nSPS) is 11.2. The highest BCUT2D eigenvalue weighted by atomic mass is 35.5. The van der Waals surface area contributed by atoms with Gasteiger partial charge in [-0.25, -0.2) is 5.10 Å². The van der Waals surface area contributed by atoms with Crippen LogP contribution in [0, 0.1) is 4.77 Å². The van der Waals surface area contributed by atoms with Gasteiger partial charge in [0.25, 0.3) is 0 Å². The number of aromatic amines is 1. The lowest BCUT2D eigenvalue weighted by atomic mass is 10.2. The number of halogens is 1. The smallest absolute Gasteiger partial charge is 0.216 e. The molecule has 0 bridgehead atoms. The molecule has 6 nitrogen and oxygen atoms in total. The van der Waals surface area contributed by atoms with Gasteiger partial charge in [0.1, 0.15) is 0 Å². The summed E-state index contributed by atoms with van der Waals surface area (Å²) >= 11 is 11.3. The van der Waals surface area contributed by atoms with Crippen LogP contribution in [0.15, 0.2) is 47.6 Å². The van der Waals surface area contributed by atoms with Gasteiger partial charge in [0.15, 0.2) is 17.3 Å². The molecule has 0 fully saturated rings. The molecule has 1 heterocycles. The molecule has 0 atom stereocenters. The number of phenols is 2. The number of nitrogens with zero attached hydrogens (tertiary/aromatic N) is 3. The van der Waals surface area contributed by atoms with E-state index in [4.69, 9.17) is 23.8 Å². The van der Waals surface area contributed by atoms with Gasteiger partial charge in [0, 0.05) is 11.1 Å². The first kappa shape index (κ1) is 15.3. The van der Waals surface area contributed by atoms with Gasteiger partial charge >= 0.3 is 0 Å². The molecule has 3 rings (SSSR count). The first-order chi connectivity index (χ1) is 11.1. The van der Waals surface area contributed by atoms with Crippen molar-refractivity contribution in [2.75, 3.05) is 0 Å². The lowest BCUT2D eigenvalue weighted by Crippen LogP contribution is -1.95. The number of aromatic nitrogens is 3. The van der Waals surface area contributed by atoms with Crippen LogP contribution in [0.3, 0.4) is 0 Å². The third kappa shape index (κ3) is 2.96. The van der Waals surface area contributed by atoms with Gasteiger partial charge in [-0.3, -0.25) is 0 Å². The quantitative estimate of drug-likeness (QED) is 0.384. The van der Waals surface area contributed by atoms with Crippen LogP contribution in [0.2, 0.25) is 5.02 Å². The minimum Gasteiger partial charge on any atom is -0.504 e. The van der Waals surface area contributed by atoms with Crippen molar-refractivity contribution in [3.05, 3.63) is 57.8 Å². The molecule has 0 saturated carbocycles. The van der Waals surface area contributed by atoms with E-state index in [1.807, 2.05) is 12.1 Å². The van der Waals surface area contributed by atoms with Crippen molar-refractivity contribution >= 4 is 30.0 Å². The molecule has 2 aromatic carbocycles. The Morgan fingerprint density at radius 3 is 2.74 bits per heavy atom. The summed E-state index contributed by atoms with van der Waals surface area (Å²) in [5.41, 5.74) is 1.01. The summed E-state index contributed by atoms with van der Waals surface area (Å²) in [5.74, 6) is -0.0434. The van der Waals surface area contributed by atoms with Crippen LogP contribution < -0.4 is 0 Å². The SMILES string of the molecule is Oc1cccc(/C=N/n2c(-c3ccccc3Cl)n[nH]c2=S)c1O. The number of rotatable bonds is 3. The Morgan fingerprint density at radius 2 is 1.96 bits per heavy atom. The average Bonchev–Trinajstić information content (AvgIpc) is 2.90. The molecule has 0 saturated heterocycles. The summed E-state index contributed by atoms with van der Waals surface area (Å²) in [4.78, 5) is 0. The van der Waals surface area contributed by atoms with Gasteiger partial charge < -0.3 is 10.2 Å². The average molecular weight is 347 g/mol. The summed E-state index contributed by atoms with van der Waals surface area (Å²) in [6.45, 7) is 0. The monoisotopic (exact) mass is 346 g/mol. The fraction of sp³-hybridized carbons (Fsp3) is 0. The van der Waals surface area contributed by atoms with E-state index in [-0.39, 0.29) is 16.3 Å². The van der Waals surface area contributed by atoms with E-state index in [2.05, 4.69) is 15.3 Å². The number of benzene rings is 2. The molecular formula is C15H11ClN4O2S. The van der Waals surface area contributed by atoms with E-state index < -0.39 is 0 Å². The van der Waals surface area contributed by atoms with Crippen LogP contribution in [0.5, 0.6) is 11.5 Å². The maximum Gasteiger partial charge on any atom is 0.216 e. The van der Waals surface area contributed by atoms with Crippen molar-refractivity contribution in [1.29, 1.82) is 0 Å². The Labute approximate surface area is 141 Å². The maximum atomic E-state index is 9.80. The second kappa shape index (κ2) is 6.23. The standard InChI is InChI=1S/C15H11ClN4O2S/c16-11-6-2-1-5-10(11)14-18-19-15(23)20(14)17-8-9-4-3-7-12(21)13(9)22/h1-8,21-22H,(H,19,23)/b17-8+. The van der Waals surface area contributed by atoms with Gasteiger partial charge in [-0.05, 0) is 36.5 Å². The van der Waals surface area contributed by atoms with E-state index in [1.165, 1.54) is 17.0 Å². The zero-order valence-corrected chi connectivity index (χ0v) is 13.2. The van der Waals surface area contributed by atoms with Crippen molar-refractivity contribution in [3.8, 4) is 22.9 Å². The fourth-order valence-electron chi connectivity index (χ4n) is 1.99. The molecule has 0 aliphatic rings. The summed E-state index contributed by atoms with van der Waals surface area (Å²) in [6.07, 6.45) is 1.38. The molecule has 1 aromatic heterocycles. The Balaban J connectivity index is 2.07. The third-order valence-electron chi connectivity index (χ3n) is 3.12. The van der Waals surface area contributed by atoms with Crippen LogP contribution in [0.1, 0.15) is 5.56 Å². The van der Waals surface area contributed by atoms with Gasteiger partial charge in [-0.1, -0.05) is 29.8 Å². The predicted molar refractivity (Wildman–Crippen MR) is 90.6 cm³/mol. The molecule has 8 heteroatoms. The highest BCUT2D eigenvalue weighted by Gasteiger charge is 2.11. The van der Waals surface area contributed by atoms with Gasteiger partial charge in [-0.2, -0.15) is 14.9 Å². The lowest BCUT2D eigenvalue weighted by molar-refractivity contribution is 0.403. The largest absolute Gasteiger partial charge is 0.504 e. The van der Waals surface area contributed by atoms with E-state index in [9.17, 15) is 10.2 Å². The third-order valence-corrected chi connectivity index (χ3v) is 3.72. The summed E-state index contributed by atoms with van der Waals surface area (Å²) in [7, 11) is 0. The molecule has 0 amide bonds. The Hall–Kier alpha value is -2.64. The first-order valence-electron chi connectivity index (χ1n) is 6.55. The zero-order chi connectivity index (χ0) is 16.4. The molecule has 0 radical (unpaired) electrons. The van der Waals surface area contributed by atoms with Crippen LogP contribution in [0.25, 0.3) is 11.4 Å². The Morgan fingerprint density at radius 1 is 1.17 bits per heavy atom. The number of phenolic OH excluding ortho intramolecular Hbond substituents is 2. The number of hydrogen-bond acceptors (Lipinski definition) is 5. The number of hydrogen-bond donors (Lipinski definition) is 3. The number of para-hydroxylation sites is 1. The second-order valence-electron chi connectivity index (χ2n) is 4.60. The Kier molecular flexibility index (Phi) is 4.14. The lowest BCUT2D eigenvalue weighted by Gasteiger charge is -2.04. The minimum atomic E-state index is -0.259. The van der Waals surface area contributed by atoms with Crippen LogP contribution >= 0.6 is 23.8 Å². The highest BCUT2D eigenvalue weighted by molar-refractivity contribution is 7.71. The molecule has 0 aliphatic heterocycles. The van der Waals surface area contributed by atoms with E-state index in [0.29, 0.717) is 22.0 Å². The van der Waals surface area contributed by atoms with Crippen molar-refractivity contribution < 1.29 is 10.2 Å². The van der Waals surface area contributed by atoms with Gasteiger partial charge in [-0.15, -0.1) is 0 Å². The van der Waals surface area contributed by atoms with Crippen LogP contribution in [0.4, 0.5) is 0 Å². The van der Waals surface area contributed by atoms with Crippen molar-refractivity contribution in [1.82, 2.24) is 14.9 Å². The molecular weight excluding hydrogens is 336 g/mol. The van der Waals surface area contributed by atoms with Gasteiger partial charge in [0.05, 0.1) is 11.2 Å². The van der Waals surface area contributed by atoms with Crippen LogP contribution in [-0.4, -0.2) is 31.3 Å². The molecule has 23 heavy (non-hydrogen) atoms. The number of nitrogens with one attached hydrogen (secondary N) is 1. The molecule has 3 N–H and O–H groups in total. The maximum absolute atomic E-state index is 9.80. The highest BCUT2D eigenvalue weighted by Crippen LogP contribution is 2.28. The Bertz CT molecular complexity index is 949. The predicted octanol–water partition coefficient (Wildman–Crippen LogP) is 3.55. The summed E-state index contributed by atoms with van der Waals surface area (Å²) in [5, 5.41) is 30.8. The minimum absolute atomic E-state index is 0.226. The van der Waals surface area contributed by atoms with Crippen molar-refractivity contribution in [2.45, 2.75) is 0 Å². The van der Waals surface area contributed by atoms with Crippen molar-refractivity contribution in [3.63, 3.8) is 0 Å². The van der Waals surface area contributed by atoms with E-state index in [0.717, 1.165) is 0 Å². The first-order valence-corrected chi connectivity index (χ1v) is 7.34. The molecule has 0 unspecified atom stereocenters. The molecule has 0 aliphatic carbocycles. The topological polar surface area (TPSA) is 86.4 Å². The van der Waals surface area contributed by atoms with Gasteiger partial charge in [0.2, 0.25) is 4.77 Å². The molecule has 0 spiro atoms. The zero-order valence-electron chi connectivity index (χ0n) is 11.6. The van der Waals surface area contributed by atoms with E-state index >= 15 is 0 Å². The summed E-state index contributed by atoms with van der Waals surface area (Å²) in [6, 6.07) is 11.8. The number of H-pyrrole nitrogens is 1. The molecule has 3 aromatic rings. The second-order valence-corrected chi connectivity index (χ2v) is 5.40.